The van der Waals surface area contributed by atoms with Gasteiger partial charge in [0.15, 0.2) is 0 Å². The van der Waals surface area contributed by atoms with Gasteiger partial charge in [0.25, 0.3) is 0 Å². The van der Waals surface area contributed by atoms with Crippen molar-refractivity contribution in [2.45, 2.75) is 39.7 Å². The minimum atomic E-state index is -0.368. The molecule has 0 bridgehead atoms. The predicted molar refractivity (Wildman–Crippen MR) is 52.5 cm³/mol. The smallest absolute Gasteiger partial charge is 0.101 e. The molecular weight excluding hydrogens is 164 g/mol. The summed E-state index contributed by atoms with van der Waals surface area (Å²) in [7, 11) is 0. The van der Waals surface area contributed by atoms with Gasteiger partial charge >= 0.3 is 0 Å². The van der Waals surface area contributed by atoms with Crippen LogP contribution in [0.3, 0.4) is 0 Å². The molecule has 0 fully saturated rings. The Kier molecular flexibility index (Phi) is 3.55. The molecule has 0 aliphatic carbocycles. The highest BCUT2D eigenvalue weighted by Crippen LogP contribution is 2.28. The van der Waals surface area contributed by atoms with Crippen molar-refractivity contribution in [2.75, 3.05) is 0 Å². The van der Waals surface area contributed by atoms with Gasteiger partial charge in [0.2, 0.25) is 0 Å². The first-order valence-electron chi connectivity index (χ1n) is 4.92. The predicted octanol–water partition coefficient (Wildman–Crippen LogP) is 3.06. The highest BCUT2D eigenvalue weighted by molar-refractivity contribution is 5.15. The number of rotatable bonds is 4. The lowest BCUT2D eigenvalue weighted by Crippen LogP contribution is -2.09. The first kappa shape index (κ1) is 10.3. The first-order chi connectivity index (χ1) is 6.19. The van der Waals surface area contributed by atoms with Gasteiger partial charge in [0.1, 0.15) is 5.76 Å². The van der Waals surface area contributed by atoms with Crippen LogP contribution in [0, 0.1) is 12.8 Å². The van der Waals surface area contributed by atoms with Crippen molar-refractivity contribution in [3.8, 4) is 0 Å². The number of hydrogen-bond acceptors (Lipinski definition) is 2. The molecule has 0 aliphatic heterocycles. The lowest BCUT2D eigenvalue weighted by atomic mass is 9.93. The molecular formula is C11H18O2. The van der Waals surface area contributed by atoms with Gasteiger partial charge in [-0.05, 0) is 18.9 Å². The molecule has 1 heterocycles. The largest absolute Gasteiger partial charge is 0.469 e. The van der Waals surface area contributed by atoms with Crippen LogP contribution >= 0.6 is 0 Å². The van der Waals surface area contributed by atoms with E-state index in [0.717, 1.165) is 24.2 Å². The van der Waals surface area contributed by atoms with Crippen LogP contribution in [0.25, 0.3) is 0 Å². The monoisotopic (exact) mass is 182 g/mol. The van der Waals surface area contributed by atoms with Crippen molar-refractivity contribution in [2.24, 2.45) is 5.92 Å². The third-order valence-corrected chi connectivity index (χ3v) is 2.59. The van der Waals surface area contributed by atoms with Crippen LogP contribution in [0.4, 0.5) is 0 Å². The summed E-state index contributed by atoms with van der Waals surface area (Å²) in [5.74, 6) is 1.21. The van der Waals surface area contributed by atoms with Crippen LogP contribution < -0.4 is 0 Å². The molecule has 1 rings (SSSR count). The van der Waals surface area contributed by atoms with Gasteiger partial charge in [0.05, 0.1) is 12.4 Å². The van der Waals surface area contributed by atoms with E-state index >= 15 is 0 Å². The van der Waals surface area contributed by atoms with Crippen LogP contribution in [0.5, 0.6) is 0 Å². The van der Waals surface area contributed by atoms with E-state index < -0.39 is 0 Å². The SMILES string of the molecule is CCC(CC)C(O)c1coc(C)c1. The second-order valence-electron chi connectivity index (χ2n) is 3.51. The average Bonchev–Trinajstić information content (AvgIpc) is 2.54. The molecule has 0 aliphatic rings. The molecule has 0 saturated heterocycles. The Balaban J connectivity index is 2.71. The molecule has 2 heteroatoms. The van der Waals surface area contributed by atoms with Gasteiger partial charge in [-0.15, -0.1) is 0 Å². The Bertz CT molecular complexity index is 248. The highest BCUT2D eigenvalue weighted by atomic mass is 16.3. The molecule has 1 aromatic rings. The molecule has 1 atom stereocenters. The summed E-state index contributed by atoms with van der Waals surface area (Å²) < 4.78 is 5.16. The first-order valence-corrected chi connectivity index (χ1v) is 4.92. The maximum atomic E-state index is 9.93. The number of aliphatic hydroxyl groups excluding tert-OH is 1. The van der Waals surface area contributed by atoms with E-state index in [2.05, 4.69) is 13.8 Å². The Morgan fingerprint density at radius 1 is 1.38 bits per heavy atom. The summed E-state index contributed by atoms with van der Waals surface area (Å²) in [6.45, 7) is 6.10. The molecule has 1 aromatic heterocycles. The van der Waals surface area contributed by atoms with E-state index in [4.69, 9.17) is 4.42 Å². The molecule has 1 unspecified atom stereocenters. The molecule has 0 amide bonds. The van der Waals surface area contributed by atoms with Gasteiger partial charge in [-0.25, -0.2) is 0 Å². The average molecular weight is 182 g/mol. The van der Waals surface area contributed by atoms with Gasteiger partial charge in [-0.2, -0.15) is 0 Å². The fourth-order valence-corrected chi connectivity index (χ4v) is 1.63. The maximum absolute atomic E-state index is 9.93. The van der Waals surface area contributed by atoms with Gasteiger partial charge < -0.3 is 9.52 Å². The van der Waals surface area contributed by atoms with Gasteiger partial charge in [-0.1, -0.05) is 26.7 Å². The second kappa shape index (κ2) is 4.47. The normalized spacial score (nSPS) is 13.6. The minimum absolute atomic E-state index is 0.344. The lowest BCUT2D eigenvalue weighted by Gasteiger charge is -2.18. The third kappa shape index (κ3) is 2.34. The van der Waals surface area contributed by atoms with Crippen LogP contribution in [-0.2, 0) is 0 Å². The van der Waals surface area contributed by atoms with Crippen molar-refractivity contribution < 1.29 is 9.52 Å². The van der Waals surface area contributed by atoms with Gasteiger partial charge in [0, 0.05) is 5.56 Å². The maximum Gasteiger partial charge on any atom is 0.101 e. The fraction of sp³-hybridized carbons (Fsp3) is 0.636. The number of aliphatic hydroxyl groups is 1. The molecule has 1 N–H and O–H groups in total. The molecule has 74 valence electrons. The van der Waals surface area contributed by atoms with Crippen molar-refractivity contribution in [1.82, 2.24) is 0 Å². The highest BCUT2D eigenvalue weighted by Gasteiger charge is 2.18. The van der Waals surface area contributed by atoms with Crippen LogP contribution in [-0.4, -0.2) is 5.11 Å². The Morgan fingerprint density at radius 3 is 2.38 bits per heavy atom. The lowest BCUT2D eigenvalue weighted by molar-refractivity contribution is 0.103. The zero-order chi connectivity index (χ0) is 9.84. The van der Waals surface area contributed by atoms with Crippen LogP contribution in [0.1, 0.15) is 44.1 Å². The summed E-state index contributed by atoms with van der Waals surface area (Å²) >= 11 is 0. The quantitative estimate of drug-likeness (QED) is 0.776. The molecule has 0 spiro atoms. The number of hydrogen-bond donors (Lipinski definition) is 1. The summed E-state index contributed by atoms with van der Waals surface area (Å²) in [6, 6.07) is 1.91. The minimum Gasteiger partial charge on any atom is -0.469 e. The van der Waals surface area contributed by atoms with Crippen LogP contribution in [0.15, 0.2) is 16.7 Å². The van der Waals surface area contributed by atoms with E-state index in [1.807, 2.05) is 13.0 Å². The Morgan fingerprint density at radius 2 is 2.00 bits per heavy atom. The topological polar surface area (TPSA) is 33.4 Å². The van der Waals surface area contributed by atoms with Crippen molar-refractivity contribution in [3.63, 3.8) is 0 Å². The second-order valence-corrected chi connectivity index (χ2v) is 3.51. The molecule has 2 nitrogen and oxygen atoms in total. The van der Waals surface area contributed by atoms with Crippen molar-refractivity contribution in [1.29, 1.82) is 0 Å². The van der Waals surface area contributed by atoms with E-state index in [-0.39, 0.29) is 6.10 Å². The van der Waals surface area contributed by atoms with Crippen molar-refractivity contribution in [3.05, 3.63) is 23.7 Å². The number of furan rings is 1. The third-order valence-electron chi connectivity index (χ3n) is 2.59. The number of aryl methyl sites for hydroxylation is 1. The van der Waals surface area contributed by atoms with E-state index in [0.29, 0.717) is 5.92 Å². The van der Waals surface area contributed by atoms with E-state index in [9.17, 15) is 5.11 Å². The molecule has 0 saturated carbocycles. The summed E-state index contributed by atoms with van der Waals surface area (Å²) in [5, 5.41) is 9.93. The van der Waals surface area contributed by atoms with Gasteiger partial charge in [-0.3, -0.25) is 0 Å². The fourth-order valence-electron chi connectivity index (χ4n) is 1.63. The van der Waals surface area contributed by atoms with E-state index in [1.165, 1.54) is 0 Å². The van der Waals surface area contributed by atoms with Crippen LogP contribution in [0.2, 0.25) is 0 Å². The summed E-state index contributed by atoms with van der Waals surface area (Å²) in [5.41, 5.74) is 0.909. The molecule has 13 heavy (non-hydrogen) atoms. The standard InChI is InChI=1S/C11H18O2/c1-4-9(5-2)11(12)10-6-8(3)13-7-10/h6-7,9,11-12H,4-5H2,1-3H3. The Labute approximate surface area is 79.6 Å². The molecule has 0 aromatic carbocycles. The Hall–Kier alpha value is -0.760. The molecule has 0 radical (unpaired) electrons. The summed E-state index contributed by atoms with van der Waals surface area (Å²) in [6.07, 6.45) is 3.29. The summed E-state index contributed by atoms with van der Waals surface area (Å²) in [4.78, 5) is 0. The van der Waals surface area contributed by atoms with Crippen molar-refractivity contribution >= 4 is 0 Å². The van der Waals surface area contributed by atoms with E-state index in [1.54, 1.807) is 6.26 Å². The zero-order valence-electron chi connectivity index (χ0n) is 8.58. The zero-order valence-corrected chi connectivity index (χ0v) is 8.58.